The van der Waals surface area contributed by atoms with Gasteiger partial charge in [-0.3, -0.25) is 4.90 Å². The SMILES string of the molecule is CC(C)(C)OC(=O)N1C[C@@H]2C[C@H]1CN2CCON=C1C(c2c(O)[nH]c3ccc(Cl)cc23)=Nc2ccccc21. The van der Waals surface area contributed by atoms with Gasteiger partial charge in [0.1, 0.15) is 23.6 Å². The first-order valence-electron chi connectivity index (χ1n) is 12.8. The summed E-state index contributed by atoms with van der Waals surface area (Å²) in [5.74, 6) is 0.00385. The van der Waals surface area contributed by atoms with Gasteiger partial charge in [0.15, 0.2) is 5.88 Å². The predicted octanol–water partition coefficient (Wildman–Crippen LogP) is 5.08. The average molecular weight is 536 g/mol. The van der Waals surface area contributed by atoms with E-state index in [4.69, 9.17) is 26.2 Å². The van der Waals surface area contributed by atoms with E-state index < -0.39 is 5.60 Å². The molecule has 0 spiro atoms. The van der Waals surface area contributed by atoms with Crippen molar-refractivity contribution in [2.75, 3.05) is 26.2 Å². The molecule has 3 aliphatic rings. The van der Waals surface area contributed by atoms with Crippen molar-refractivity contribution < 1.29 is 19.5 Å². The van der Waals surface area contributed by atoms with E-state index >= 15 is 0 Å². The normalized spacial score (nSPS) is 21.8. The summed E-state index contributed by atoms with van der Waals surface area (Å²) in [5.41, 5.74) is 3.50. The molecular formula is C28H30ClN5O4. The fraction of sp³-hybridized carbons (Fsp3) is 0.393. The van der Waals surface area contributed by atoms with Gasteiger partial charge >= 0.3 is 6.09 Å². The smallest absolute Gasteiger partial charge is 0.410 e. The van der Waals surface area contributed by atoms with E-state index in [2.05, 4.69) is 15.0 Å². The first kappa shape index (κ1) is 24.8. The van der Waals surface area contributed by atoms with E-state index in [-0.39, 0.29) is 18.0 Å². The fourth-order valence-corrected chi connectivity index (χ4v) is 5.74. The number of rotatable bonds is 5. The van der Waals surface area contributed by atoms with Gasteiger partial charge in [0.2, 0.25) is 0 Å². The lowest BCUT2D eigenvalue weighted by atomic mass is 10.0. The summed E-state index contributed by atoms with van der Waals surface area (Å²) in [5, 5.41) is 16.6. The van der Waals surface area contributed by atoms with Gasteiger partial charge in [-0.05, 0) is 51.5 Å². The van der Waals surface area contributed by atoms with Gasteiger partial charge in [-0.2, -0.15) is 0 Å². The molecule has 0 radical (unpaired) electrons. The van der Waals surface area contributed by atoms with Crippen LogP contribution in [0.5, 0.6) is 5.88 Å². The topological polar surface area (TPSA) is 103 Å². The number of ether oxygens (including phenoxy) is 1. The number of nitrogens with zero attached hydrogens (tertiary/aromatic N) is 4. The van der Waals surface area contributed by atoms with Gasteiger partial charge < -0.3 is 24.6 Å². The van der Waals surface area contributed by atoms with Crippen LogP contribution in [-0.2, 0) is 9.57 Å². The van der Waals surface area contributed by atoms with Crippen LogP contribution in [0.15, 0.2) is 52.6 Å². The number of aliphatic imine (C=N–C) groups is 1. The number of fused-ring (bicyclic) bond motifs is 4. The summed E-state index contributed by atoms with van der Waals surface area (Å²) >= 11 is 6.25. The Kier molecular flexibility index (Phi) is 6.07. The van der Waals surface area contributed by atoms with Crippen molar-refractivity contribution >= 4 is 45.7 Å². The van der Waals surface area contributed by atoms with Gasteiger partial charge in [0.05, 0.1) is 11.3 Å². The number of halogens is 1. The molecule has 2 aromatic carbocycles. The maximum Gasteiger partial charge on any atom is 0.410 e. The number of amides is 1. The molecule has 2 fully saturated rings. The number of benzene rings is 2. The highest BCUT2D eigenvalue weighted by molar-refractivity contribution is 6.58. The van der Waals surface area contributed by atoms with Crippen molar-refractivity contribution in [3.05, 3.63) is 58.6 Å². The highest BCUT2D eigenvalue weighted by atomic mass is 35.5. The third kappa shape index (κ3) is 4.50. The molecule has 1 aromatic heterocycles. The number of carbonyl (C=O) groups excluding carboxylic acids is 1. The molecule has 0 unspecified atom stereocenters. The van der Waals surface area contributed by atoms with Crippen LogP contribution < -0.4 is 0 Å². The number of aromatic hydroxyl groups is 1. The van der Waals surface area contributed by atoms with Crippen molar-refractivity contribution in [1.29, 1.82) is 0 Å². The fourth-order valence-electron chi connectivity index (χ4n) is 5.56. The van der Waals surface area contributed by atoms with E-state index in [0.717, 1.165) is 35.1 Å². The largest absolute Gasteiger partial charge is 0.494 e. The van der Waals surface area contributed by atoms with Gasteiger partial charge in [-0.15, -0.1) is 0 Å². The zero-order chi connectivity index (χ0) is 26.6. The molecule has 2 atom stereocenters. The molecule has 9 nitrogen and oxygen atoms in total. The van der Waals surface area contributed by atoms with Crippen LogP contribution in [0, 0.1) is 0 Å². The number of para-hydroxylation sites is 1. The Morgan fingerprint density at radius 3 is 2.79 bits per heavy atom. The van der Waals surface area contributed by atoms with Gasteiger partial charge in [0.25, 0.3) is 0 Å². The molecule has 38 heavy (non-hydrogen) atoms. The Morgan fingerprint density at radius 1 is 1.21 bits per heavy atom. The highest BCUT2D eigenvalue weighted by Gasteiger charge is 2.46. The molecule has 2 bridgehead atoms. The maximum absolute atomic E-state index is 12.5. The number of oxime groups is 1. The summed E-state index contributed by atoms with van der Waals surface area (Å²) < 4.78 is 5.56. The summed E-state index contributed by atoms with van der Waals surface area (Å²) in [6.07, 6.45) is 0.709. The van der Waals surface area contributed by atoms with Gasteiger partial charge in [0, 0.05) is 53.2 Å². The van der Waals surface area contributed by atoms with Crippen molar-refractivity contribution in [2.45, 2.75) is 44.9 Å². The number of aromatic amines is 1. The first-order valence-corrected chi connectivity index (χ1v) is 13.2. The molecule has 0 saturated carbocycles. The second-order valence-electron chi connectivity index (χ2n) is 11.0. The van der Waals surface area contributed by atoms with Gasteiger partial charge in [-0.1, -0.05) is 35.0 Å². The Labute approximate surface area is 225 Å². The van der Waals surface area contributed by atoms with Crippen molar-refractivity contribution in [1.82, 2.24) is 14.8 Å². The number of piperazine rings is 1. The minimum Gasteiger partial charge on any atom is -0.494 e. The van der Waals surface area contributed by atoms with E-state index in [1.807, 2.05) is 56.0 Å². The third-order valence-electron chi connectivity index (χ3n) is 7.20. The number of aromatic nitrogens is 1. The van der Waals surface area contributed by atoms with Crippen LogP contribution >= 0.6 is 11.6 Å². The Balaban J connectivity index is 1.15. The van der Waals surface area contributed by atoms with Crippen LogP contribution in [0.1, 0.15) is 38.3 Å². The predicted molar refractivity (Wildman–Crippen MR) is 147 cm³/mol. The monoisotopic (exact) mass is 535 g/mol. The molecule has 2 N–H and O–H groups in total. The zero-order valence-corrected chi connectivity index (χ0v) is 22.3. The van der Waals surface area contributed by atoms with Crippen LogP contribution in [-0.4, -0.2) is 81.3 Å². The van der Waals surface area contributed by atoms with Crippen molar-refractivity contribution in [3.8, 4) is 5.88 Å². The Bertz CT molecular complexity index is 1470. The van der Waals surface area contributed by atoms with Gasteiger partial charge in [-0.25, -0.2) is 9.79 Å². The molecule has 6 rings (SSSR count). The molecule has 1 amide bonds. The number of carbonyl (C=O) groups is 1. The Morgan fingerprint density at radius 2 is 2.03 bits per heavy atom. The second-order valence-corrected chi connectivity index (χ2v) is 11.4. The number of hydrogen-bond acceptors (Lipinski definition) is 7. The lowest BCUT2D eigenvalue weighted by Crippen LogP contribution is -2.50. The standard InChI is InChI=1S/C28H30ClN5O4/c1-28(2,3)38-27(36)34-15-17-13-18(34)14-33(17)10-11-37-32-24-19-6-4-5-7-21(19)30-25(24)23-20-12-16(29)8-9-22(20)31-26(23)35/h4-9,12,17-18,31,35H,10-11,13-15H2,1-3H3/t17-,18-/m0/s1. The summed E-state index contributed by atoms with van der Waals surface area (Å²) in [6, 6.07) is 13.5. The van der Waals surface area contributed by atoms with E-state index in [1.165, 1.54) is 0 Å². The molecule has 198 valence electrons. The maximum atomic E-state index is 12.5. The van der Waals surface area contributed by atoms with Crippen LogP contribution in [0.4, 0.5) is 10.5 Å². The molecule has 3 aliphatic heterocycles. The van der Waals surface area contributed by atoms with E-state index in [0.29, 0.717) is 47.7 Å². The molecular weight excluding hydrogens is 506 g/mol. The molecule has 2 saturated heterocycles. The first-order chi connectivity index (χ1) is 18.2. The average Bonchev–Trinajstić information content (AvgIpc) is 3.61. The molecule has 3 aromatic rings. The number of hydrogen-bond donors (Lipinski definition) is 2. The van der Waals surface area contributed by atoms with Crippen LogP contribution in [0.25, 0.3) is 10.9 Å². The number of H-pyrrole nitrogens is 1. The molecule has 0 aliphatic carbocycles. The van der Waals surface area contributed by atoms with Crippen molar-refractivity contribution in [2.24, 2.45) is 10.1 Å². The summed E-state index contributed by atoms with van der Waals surface area (Å²) in [6.45, 7) is 8.21. The molecule has 4 heterocycles. The summed E-state index contributed by atoms with van der Waals surface area (Å²) in [7, 11) is 0. The zero-order valence-electron chi connectivity index (χ0n) is 21.6. The number of likely N-dealkylation sites (tertiary alicyclic amines) is 2. The number of nitrogens with one attached hydrogen (secondary N) is 1. The molecule has 10 heteroatoms. The van der Waals surface area contributed by atoms with Crippen molar-refractivity contribution in [3.63, 3.8) is 0 Å². The quantitative estimate of drug-likeness (QED) is 0.350. The highest BCUT2D eigenvalue weighted by Crippen LogP contribution is 2.37. The second kappa shape index (κ2) is 9.32. The minimum absolute atomic E-state index is 0.00385. The lowest BCUT2D eigenvalue weighted by Gasteiger charge is -2.34. The lowest BCUT2D eigenvalue weighted by molar-refractivity contribution is 0.0104. The minimum atomic E-state index is -0.498. The van der Waals surface area contributed by atoms with E-state index in [9.17, 15) is 9.90 Å². The van der Waals surface area contributed by atoms with Crippen LogP contribution in [0.3, 0.4) is 0 Å². The van der Waals surface area contributed by atoms with E-state index in [1.54, 1.807) is 12.1 Å². The third-order valence-corrected chi connectivity index (χ3v) is 7.44. The van der Waals surface area contributed by atoms with Crippen LogP contribution in [0.2, 0.25) is 5.02 Å². The Hall–Kier alpha value is -3.56. The summed E-state index contributed by atoms with van der Waals surface area (Å²) in [4.78, 5) is 30.3.